The van der Waals surface area contributed by atoms with Crippen molar-refractivity contribution in [1.29, 1.82) is 0 Å². The lowest BCUT2D eigenvalue weighted by Gasteiger charge is -2.28. The Labute approximate surface area is 72.1 Å². The van der Waals surface area contributed by atoms with E-state index in [1.54, 1.807) is 0 Å². The highest BCUT2D eigenvalue weighted by atomic mass is 16.2. The standard InChI is InChI=1S/C9H14N2O/c12-8-5-11-6-9(1-2-9)3-7(11)4-10-8/h7H,1-6H2,(H,10,12)/t7-/m0/s1. The Morgan fingerprint density at radius 3 is 3.08 bits per heavy atom. The van der Waals surface area contributed by atoms with Crippen LogP contribution in [0.4, 0.5) is 0 Å². The van der Waals surface area contributed by atoms with Crippen molar-refractivity contribution in [2.75, 3.05) is 19.6 Å². The van der Waals surface area contributed by atoms with E-state index in [-0.39, 0.29) is 5.91 Å². The summed E-state index contributed by atoms with van der Waals surface area (Å²) in [5.41, 5.74) is 0.650. The Hall–Kier alpha value is -0.570. The van der Waals surface area contributed by atoms with Crippen molar-refractivity contribution in [3.8, 4) is 0 Å². The summed E-state index contributed by atoms with van der Waals surface area (Å²) in [6.07, 6.45) is 4.12. The van der Waals surface area contributed by atoms with Crippen molar-refractivity contribution in [3.05, 3.63) is 0 Å². The average Bonchev–Trinajstić information content (AvgIpc) is 2.63. The Morgan fingerprint density at radius 2 is 2.33 bits per heavy atom. The van der Waals surface area contributed by atoms with Gasteiger partial charge in [0.2, 0.25) is 5.91 Å². The quantitative estimate of drug-likeness (QED) is 0.548. The molecule has 2 heterocycles. The summed E-state index contributed by atoms with van der Waals surface area (Å²) in [6.45, 7) is 2.72. The second-order valence-corrected chi connectivity index (χ2v) is 4.57. The second-order valence-electron chi connectivity index (χ2n) is 4.57. The van der Waals surface area contributed by atoms with E-state index < -0.39 is 0 Å². The number of rotatable bonds is 0. The molecule has 66 valence electrons. The molecule has 0 bridgehead atoms. The summed E-state index contributed by atoms with van der Waals surface area (Å²) >= 11 is 0. The molecule has 3 heteroatoms. The van der Waals surface area contributed by atoms with Gasteiger partial charge in [0.25, 0.3) is 0 Å². The molecule has 1 saturated carbocycles. The number of piperazine rings is 1. The SMILES string of the molecule is O=C1CN2CC3(CC3)C[C@H]2CN1. The molecule has 3 nitrogen and oxygen atoms in total. The molecule has 0 radical (unpaired) electrons. The summed E-state index contributed by atoms with van der Waals surface area (Å²) < 4.78 is 0. The first-order chi connectivity index (χ1) is 5.77. The third-order valence-corrected chi connectivity index (χ3v) is 3.56. The number of hydrogen-bond acceptors (Lipinski definition) is 2. The van der Waals surface area contributed by atoms with E-state index in [1.165, 1.54) is 25.8 Å². The van der Waals surface area contributed by atoms with Crippen LogP contribution in [0.5, 0.6) is 0 Å². The Morgan fingerprint density at radius 1 is 1.50 bits per heavy atom. The van der Waals surface area contributed by atoms with Gasteiger partial charge in [-0.2, -0.15) is 0 Å². The van der Waals surface area contributed by atoms with E-state index >= 15 is 0 Å². The van der Waals surface area contributed by atoms with E-state index in [2.05, 4.69) is 10.2 Å². The van der Waals surface area contributed by atoms with Crippen molar-refractivity contribution in [2.45, 2.75) is 25.3 Å². The molecule has 1 N–H and O–H groups in total. The molecule has 3 aliphatic rings. The normalized spacial score (nSPS) is 38.0. The van der Waals surface area contributed by atoms with Crippen LogP contribution < -0.4 is 5.32 Å². The Kier molecular flexibility index (Phi) is 1.16. The molecule has 1 amide bonds. The number of carbonyl (C=O) groups excluding carboxylic acids is 1. The minimum Gasteiger partial charge on any atom is -0.353 e. The van der Waals surface area contributed by atoms with Gasteiger partial charge in [0.15, 0.2) is 0 Å². The van der Waals surface area contributed by atoms with Gasteiger partial charge in [0.05, 0.1) is 6.54 Å². The largest absolute Gasteiger partial charge is 0.353 e. The van der Waals surface area contributed by atoms with E-state index in [0.29, 0.717) is 18.0 Å². The number of amides is 1. The van der Waals surface area contributed by atoms with E-state index in [9.17, 15) is 4.79 Å². The van der Waals surface area contributed by atoms with Gasteiger partial charge >= 0.3 is 0 Å². The molecule has 3 fully saturated rings. The maximum absolute atomic E-state index is 11.1. The van der Waals surface area contributed by atoms with Gasteiger partial charge in [-0.25, -0.2) is 0 Å². The van der Waals surface area contributed by atoms with Crippen LogP contribution in [0.15, 0.2) is 0 Å². The van der Waals surface area contributed by atoms with Gasteiger partial charge in [-0.3, -0.25) is 9.69 Å². The number of fused-ring (bicyclic) bond motifs is 1. The zero-order valence-corrected chi connectivity index (χ0v) is 7.18. The minimum absolute atomic E-state index is 0.212. The van der Waals surface area contributed by atoms with E-state index in [4.69, 9.17) is 0 Å². The molecule has 1 aliphatic carbocycles. The predicted molar refractivity (Wildman–Crippen MR) is 44.7 cm³/mol. The summed E-state index contributed by atoms with van der Waals surface area (Å²) in [5, 5.41) is 2.94. The van der Waals surface area contributed by atoms with Gasteiger partial charge < -0.3 is 5.32 Å². The lowest BCUT2D eigenvalue weighted by Crippen LogP contribution is -2.51. The molecule has 1 spiro atoms. The van der Waals surface area contributed by atoms with Gasteiger partial charge in [0.1, 0.15) is 0 Å². The van der Waals surface area contributed by atoms with Crippen LogP contribution in [0.2, 0.25) is 0 Å². The summed E-state index contributed by atoms with van der Waals surface area (Å²) in [7, 11) is 0. The van der Waals surface area contributed by atoms with Gasteiger partial charge in [-0.15, -0.1) is 0 Å². The second kappa shape index (κ2) is 2.02. The molecule has 0 aromatic heterocycles. The highest BCUT2D eigenvalue weighted by molar-refractivity contribution is 5.79. The van der Waals surface area contributed by atoms with Crippen LogP contribution in [0.3, 0.4) is 0 Å². The maximum Gasteiger partial charge on any atom is 0.234 e. The van der Waals surface area contributed by atoms with Gasteiger partial charge in [0, 0.05) is 19.1 Å². The summed E-state index contributed by atoms with van der Waals surface area (Å²) in [5.74, 6) is 0.212. The molecule has 0 aromatic carbocycles. The smallest absolute Gasteiger partial charge is 0.234 e. The molecule has 2 saturated heterocycles. The van der Waals surface area contributed by atoms with Crippen LogP contribution >= 0.6 is 0 Å². The van der Waals surface area contributed by atoms with Gasteiger partial charge in [-0.05, 0) is 24.7 Å². The van der Waals surface area contributed by atoms with Crippen LogP contribution in [0, 0.1) is 5.41 Å². The number of hydrogen-bond donors (Lipinski definition) is 1. The summed E-state index contributed by atoms with van der Waals surface area (Å²) in [4.78, 5) is 13.5. The average molecular weight is 166 g/mol. The van der Waals surface area contributed by atoms with Crippen molar-refractivity contribution in [2.24, 2.45) is 5.41 Å². The van der Waals surface area contributed by atoms with E-state index in [1.807, 2.05) is 0 Å². The van der Waals surface area contributed by atoms with E-state index in [0.717, 1.165) is 6.54 Å². The third-order valence-electron chi connectivity index (χ3n) is 3.56. The van der Waals surface area contributed by atoms with Crippen LogP contribution in [0.1, 0.15) is 19.3 Å². The van der Waals surface area contributed by atoms with Crippen molar-refractivity contribution in [1.82, 2.24) is 10.2 Å². The van der Waals surface area contributed by atoms with Crippen LogP contribution in [-0.4, -0.2) is 36.5 Å². The zero-order chi connectivity index (χ0) is 8.18. The highest BCUT2D eigenvalue weighted by Crippen LogP contribution is 2.54. The van der Waals surface area contributed by atoms with Crippen molar-refractivity contribution < 1.29 is 4.79 Å². The third kappa shape index (κ3) is 0.891. The fourth-order valence-electron chi connectivity index (χ4n) is 2.65. The molecule has 1 atom stereocenters. The van der Waals surface area contributed by atoms with Crippen LogP contribution in [-0.2, 0) is 4.79 Å². The van der Waals surface area contributed by atoms with Gasteiger partial charge in [-0.1, -0.05) is 0 Å². The number of nitrogens with one attached hydrogen (secondary N) is 1. The fraction of sp³-hybridized carbons (Fsp3) is 0.889. The maximum atomic E-state index is 11.1. The Bertz CT molecular complexity index is 235. The lowest BCUT2D eigenvalue weighted by atomic mass is 10.0. The zero-order valence-electron chi connectivity index (χ0n) is 7.18. The monoisotopic (exact) mass is 166 g/mol. The number of carbonyl (C=O) groups is 1. The van der Waals surface area contributed by atoms with Crippen LogP contribution in [0.25, 0.3) is 0 Å². The molecule has 0 aromatic rings. The first-order valence-corrected chi connectivity index (χ1v) is 4.78. The lowest BCUT2D eigenvalue weighted by molar-refractivity contribution is -0.124. The predicted octanol–water partition coefficient (Wildman–Crippen LogP) is -0.0293. The number of nitrogens with zero attached hydrogens (tertiary/aromatic N) is 1. The first-order valence-electron chi connectivity index (χ1n) is 4.78. The van der Waals surface area contributed by atoms with Crippen molar-refractivity contribution >= 4 is 5.91 Å². The summed E-state index contributed by atoms with van der Waals surface area (Å²) in [6, 6.07) is 0.658. The molecular weight excluding hydrogens is 152 g/mol. The molecule has 3 rings (SSSR count). The molecular formula is C9H14N2O. The molecule has 12 heavy (non-hydrogen) atoms. The first kappa shape index (κ1) is 6.89. The molecule has 2 aliphatic heterocycles. The van der Waals surface area contributed by atoms with Crippen molar-refractivity contribution in [3.63, 3.8) is 0 Å². The Balaban J connectivity index is 1.77. The fourth-order valence-corrected chi connectivity index (χ4v) is 2.65. The highest BCUT2D eigenvalue weighted by Gasteiger charge is 2.52. The topological polar surface area (TPSA) is 32.3 Å². The molecule has 0 unspecified atom stereocenters. The minimum atomic E-state index is 0.212.